The summed E-state index contributed by atoms with van der Waals surface area (Å²) in [5.41, 5.74) is 8.57. The summed E-state index contributed by atoms with van der Waals surface area (Å²) >= 11 is 0. The molecule has 0 spiro atoms. The van der Waals surface area contributed by atoms with E-state index in [-0.39, 0.29) is 18.3 Å². The average Bonchev–Trinajstić information content (AvgIpc) is 2.46. The van der Waals surface area contributed by atoms with Gasteiger partial charge in [0, 0.05) is 5.56 Å². The molecule has 0 aliphatic rings. The number of hydrogen-bond donors (Lipinski definition) is 1. The minimum Gasteiger partial charge on any atom is -0.491 e. The smallest absolute Gasteiger partial charge is 0.276 e. The fourth-order valence-electron chi connectivity index (χ4n) is 2.15. The number of rotatable bonds is 5. The largest absolute Gasteiger partial charge is 0.491 e. The number of nitro benzene ring substituents is 1. The van der Waals surface area contributed by atoms with E-state index >= 15 is 0 Å². The molecule has 5 heteroatoms. The van der Waals surface area contributed by atoms with Gasteiger partial charge in [-0.3, -0.25) is 10.1 Å². The summed E-state index contributed by atoms with van der Waals surface area (Å²) in [5.74, 6) is 0.499. The second-order valence-electron chi connectivity index (χ2n) is 4.99. The molecule has 0 aromatic heterocycles. The van der Waals surface area contributed by atoms with Gasteiger partial charge >= 0.3 is 0 Å². The third kappa shape index (κ3) is 3.58. The van der Waals surface area contributed by atoms with Crippen LogP contribution in [0.5, 0.6) is 5.75 Å². The molecule has 21 heavy (non-hydrogen) atoms. The summed E-state index contributed by atoms with van der Waals surface area (Å²) in [7, 11) is 0. The first-order chi connectivity index (χ1) is 9.99. The Hall–Kier alpha value is -2.40. The van der Waals surface area contributed by atoms with Gasteiger partial charge in [-0.1, -0.05) is 30.3 Å². The lowest BCUT2D eigenvalue weighted by molar-refractivity contribution is -0.385. The van der Waals surface area contributed by atoms with Gasteiger partial charge in [0.05, 0.1) is 17.0 Å². The van der Waals surface area contributed by atoms with E-state index in [1.54, 1.807) is 13.0 Å². The average molecular weight is 286 g/mol. The van der Waals surface area contributed by atoms with Gasteiger partial charge in [0.1, 0.15) is 12.4 Å². The molecule has 1 unspecified atom stereocenters. The maximum atomic E-state index is 11.0. The van der Waals surface area contributed by atoms with E-state index in [4.69, 9.17) is 10.5 Å². The molecule has 0 heterocycles. The highest BCUT2D eigenvalue weighted by molar-refractivity contribution is 5.49. The third-order valence-corrected chi connectivity index (χ3v) is 3.34. The SMILES string of the molecule is Cc1cc(C)c([N+](=O)[O-])cc1OCC(N)c1ccccc1. The van der Waals surface area contributed by atoms with E-state index < -0.39 is 4.92 Å². The molecule has 2 rings (SSSR count). The third-order valence-electron chi connectivity index (χ3n) is 3.34. The van der Waals surface area contributed by atoms with Crippen molar-refractivity contribution in [3.8, 4) is 5.75 Å². The summed E-state index contributed by atoms with van der Waals surface area (Å²) in [6.45, 7) is 3.84. The minimum atomic E-state index is -0.404. The molecule has 0 radical (unpaired) electrons. The maximum Gasteiger partial charge on any atom is 0.276 e. The standard InChI is InChI=1S/C16H18N2O3/c1-11-8-12(2)16(9-15(11)18(19)20)21-10-14(17)13-6-4-3-5-7-13/h3-9,14H,10,17H2,1-2H3. The monoisotopic (exact) mass is 286 g/mol. The van der Waals surface area contributed by atoms with Gasteiger partial charge in [-0.05, 0) is 31.0 Å². The van der Waals surface area contributed by atoms with Gasteiger partial charge in [0.2, 0.25) is 0 Å². The van der Waals surface area contributed by atoms with E-state index in [9.17, 15) is 10.1 Å². The van der Waals surface area contributed by atoms with Crippen LogP contribution in [0.2, 0.25) is 0 Å². The summed E-state index contributed by atoms with van der Waals surface area (Å²) in [4.78, 5) is 10.6. The predicted octanol–water partition coefficient (Wildman–Crippen LogP) is 3.29. The molecule has 0 fully saturated rings. The topological polar surface area (TPSA) is 78.4 Å². The van der Waals surface area contributed by atoms with Gasteiger partial charge in [-0.15, -0.1) is 0 Å². The van der Waals surface area contributed by atoms with Crippen LogP contribution in [-0.2, 0) is 0 Å². The second kappa shape index (κ2) is 6.37. The Morgan fingerprint density at radius 2 is 1.86 bits per heavy atom. The van der Waals surface area contributed by atoms with E-state index in [1.807, 2.05) is 37.3 Å². The second-order valence-corrected chi connectivity index (χ2v) is 4.99. The summed E-state index contributed by atoms with van der Waals surface area (Å²) in [6.07, 6.45) is 0. The zero-order chi connectivity index (χ0) is 15.4. The first kappa shape index (κ1) is 15.0. The Labute approximate surface area is 123 Å². The number of nitro groups is 1. The zero-order valence-electron chi connectivity index (χ0n) is 12.1. The molecular weight excluding hydrogens is 268 g/mol. The van der Waals surface area contributed by atoms with Crippen molar-refractivity contribution in [2.24, 2.45) is 5.73 Å². The molecular formula is C16H18N2O3. The van der Waals surface area contributed by atoms with Gasteiger partial charge in [0.25, 0.3) is 5.69 Å². The Morgan fingerprint density at radius 3 is 2.48 bits per heavy atom. The lowest BCUT2D eigenvalue weighted by Gasteiger charge is -2.15. The summed E-state index contributed by atoms with van der Waals surface area (Å²) < 4.78 is 5.67. The molecule has 0 saturated heterocycles. The highest BCUT2D eigenvalue weighted by Gasteiger charge is 2.15. The number of ether oxygens (including phenoxy) is 1. The Morgan fingerprint density at radius 1 is 1.19 bits per heavy atom. The van der Waals surface area contributed by atoms with E-state index in [0.717, 1.165) is 11.1 Å². The molecule has 2 aromatic carbocycles. The van der Waals surface area contributed by atoms with Crippen molar-refractivity contribution in [1.82, 2.24) is 0 Å². The maximum absolute atomic E-state index is 11.0. The fourth-order valence-corrected chi connectivity index (χ4v) is 2.15. The quantitative estimate of drug-likeness (QED) is 0.675. The van der Waals surface area contributed by atoms with Crippen LogP contribution >= 0.6 is 0 Å². The molecule has 0 saturated carbocycles. The first-order valence-electron chi connectivity index (χ1n) is 6.68. The van der Waals surface area contributed by atoms with Crippen molar-refractivity contribution >= 4 is 5.69 Å². The Bertz CT molecular complexity index is 641. The summed E-state index contributed by atoms with van der Waals surface area (Å²) in [5, 5.41) is 11.0. The van der Waals surface area contributed by atoms with Gasteiger partial charge in [-0.25, -0.2) is 0 Å². The van der Waals surface area contributed by atoms with Crippen molar-refractivity contribution in [1.29, 1.82) is 0 Å². The molecule has 2 N–H and O–H groups in total. The molecule has 1 atom stereocenters. The van der Waals surface area contributed by atoms with Gasteiger partial charge in [-0.2, -0.15) is 0 Å². The molecule has 0 aliphatic carbocycles. The molecule has 110 valence electrons. The van der Waals surface area contributed by atoms with Gasteiger partial charge in [0.15, 0.2) is 0 Å². The van der Waals surface area contributed by atoms with Crippen molar-refractivity contribution in [3.05, 3.63) is 69.3 Å². The van der Waals surface area contributed by atoms with E-state index in [1.165, 1.54) is 6.07 Å². The van der Waals surface area contributed by atoms with Crippen molar-refractivity contribution in [2.75, 3.05) is 6.61 Å². The van der Waals surface area contributed by atoms with E-state index in [0.29, 0.717) is 11.3 Å². The van der Waals surface area contributed by atoms with Crippen LogP contribution in [-0.4, -0.2) is 11.5 Å². The number of nitrogens with two attached hydrogens (primary N) is 1. The van der Waals surface area contributed by atoms with Crippen LogP contribution in [0.15, 0.2) is 42.5 Å². The van der Waals surface area contributed by atoms with E-state index in [2.05, 4.69) is 0 Å². The van der Waals surface area contributed by atoms with Crippen LogP contribution in [0.1, 0.15) is 22.7 Å². The molecule has 5 nitrogen and oxygen atoms in total. The summed E-state index contributed by atoms with van der Waals surface area (Å²) in [6, 6.07) is 12.5. The normalized spacial score (nSPS) is 12.0. The van der Waals surface area contributed by atoms with Crippen LogP contribution in [0.25, 0.3) is 0 Å². The van der Waals surface area contributed by atoms with Crippen LogP contribution in [0, 0.1) is 24.0 Å². The minimum absolute atomic E-state index is 0.0592. The molecule has 2 aromatic rings. The zero-order valence-corrected chi connectivity index (χ0v) is 12.1. The van der Waals surface area contributed by atoms with Crippen LogP contribution in [0.4, 0.5) is 5.69 Å². The Kier molecular flexibility index (Phi) is 4.55. The van der Waals surface area contributed by atoms with Gasteiger partial charge < -0.3 is 10.5 Å². The predicted molar refractivity (Wildman–Crippen MR) is 81.4 cm³/mol. The first-order valence-corrected chi connectivity index (χ1v) is 6.68. The highest BCUT2D eigenvalue weighted by Crippen LogP contribution is 2.28. The number of nitrogens with zero attached hydrogens (tertiary/aromatic N) is 1. The van der Waals surface area contributed by atoms with Crippen LogP contribution in [0.3, 0.4) is 0 Å². The van der Waals surface area contributed by atoms with Crippen molar-refractivity contribution in [3.63, 3.8) is 0 Å². The van der Waals surface area contributed by atoms with Crippen molar-refractivity contribution in [2.45, 2.75) is 19.9 Å². The molecule has 0 bridgehead atoms. The lowest BCUT2D eigenvalue weighted by Crippen LogP contribution is -2.19. The van der Waals surface area contributed by atoms with Crippen LogP contribution < -0.4 is 10.5 Å². The molecule has 0 aliphatic heterocycles. The number of benzene rings is 2. The molecule has 0 amide bonds. The number of aryl methyl sites for hydroxylation is 2. The lowest BCUT2D eigenvalue weighted by atomic mass is 10.1. The fraction of sp³-hybridized carbons (Fsp3) is 0.250. The Balaban J connectivity index is 2.13. The highest BCUT2D eigenvalue weighted by atomic mass is 16.6. The van der Waals surface area contributed by atoms with Crippen molar-refractivity contribution < 1.29 is 9.66 Å². The number of hydrogen-bond acceptors (Lipinski definition) is 4.